The molecule has 0 aliphatic carbocycles. The number of aliphatic hydroxyl groups excluding tert-OH is 2. The molecule has 0 unspecified atom stereocenters. The minimum Gasteiger partial charge on any atom is -0.456 e. The molecule has 0 bridgehead atoms. The zero-order valence-electron chi connectivity index (χ0n) is 13.1. The van der Waals surface area contributed by atoms with Crippen molar-refractivity contribution in [3.8, 4) is 11.8 Å². The van der Waals surface area contributed by atoms with Crippen molar-refractivity contribution >= 4 is 5.97 Å². The molecule has 2 N–H and O–H groups in total. The van der Waals surface area contributed by atoms with Gasteiger partial charge in [-0.3, -0.25) is 0 Å². The van der Waals surface area contributed by atoms with Gasteiger partial charge in [0.25, 0.3) is 0 Å². The summed E-state index contributed by atoms with van der Waals surface area (Å²) < 4.78 is 15.0. The lowest BCUT2D eigenvalue weighted by Crippen LogP contribution is -2.34. The van der Waals surface area contributed by atoms with E-state index in [0.717, 1.165) is 5.56 Å². The normalized spacial score (nSPS) is 12.8. The second-order valence-corrected chi connectivity index (χ2v) is 4.67. The van der Waals surface area contributed by atoms with Crippen molar-refractivity contribution in [3.63, 3.8) is 0 Å². The molecule has 0 heterocycles. The van der Waals surface area contributed by atoms with Gasteiger partial charge in [0, 0.05) is 5.92 Å². The minimum absolute atomic E-state index is 0.00603. The third-order valence-corrected chi connectivity index (χ3v) is 2.77. The molecule has 0 aliphatic rings. The Morgan fingerprint density at radius 2 is 1.78 bits per heavy atom. The molecule has 6 nitrogen and oxygen atoms in total. The summed E-state index contributed by atoms with van der Waals surface area (Å²) in [6, 6.07) is 9.52. The summed E-state index contributed by atoms with van der Waals surface area (Å²) in [6.07, 6.45) is -2.15. The molecule has 0 amide bonds. The second-order valence-electron chi connectivity index (χ2n) is 4.67. The lowest BCUT2D eigenvalue weighted by Gasteiger charge is -2.17. The van der Waals surface area contributed by atoms with Crippen LogP contribution in [0.5, 0.6) is 0 Å². The highest BCUT2D eigenvalue weighted by molar-refractivity contribution is 5.88. The van der Waals surface area contributed by atoms with Gasteiger partial charge in [-0.1, -0.05) is 36.3 Å². The molecule has 0 fully saturated rings. The molecule has 0 radical (unpaired) electrons. The Morgan fingerprint density at radius 3 is 2.43 bits per heavy atom. The van der Waals surface area contributed by atoms with Gasteiger partial charge in [0.2, 0.25) is 0 Å². The largest absolute Gasteiger partial charge is 0.456 e. The van der Waals surface area contributed by atoms with Gasteiger partial charge in [-0.05, 0) is 12.5 Å². The van der Waals surface area contributed by atoms with Crippen LogP contribution in [0.15, 0.2) is 30.3 Å². The summed E-state index contributed by atoms with van der Waals surface area (Å²) in [4.78, 5) is 10.9. The van der Waals surface area contributed by atoms with Crippen LogP contribution in [0.3, 0.4) is 0 Å². The molecular formula is C17H22O6. The first kappa shape index (κ1) is 19.1. The summed E-state index contributed by atoms with van der Waals surface area (Å²) in [5.41, 5.74) is 0.986. The van der Waals surface area contributed by atoms with E-state index in [2.05, 4.69) is 16.6 Å². The van der Waals surface area contributed by atoms with Crippen molar-refractivity contribution in [1.82, 2.24) is 0 Å². The summed E-state index contributed by atoms with van der Waals surface area (Å²) in [7, 11) is 0. The van der Waals surface area contributed by atoms with E-state index in [1.54, 1.807) is 6.92 Å². The van der Waals surface area contributed by atoms with Crippen LogP contribution in [-0.4, -0.2) is 54.8 Å². The first-order chi connectivity index (χ1) is 11.1. The zero-order chi connectivity index (χ0) is 16.9. The van der Waals surface area contributed by atoms with Crippen molar-refractivity contribution in [2.45, 2.75) is 25.7 Å². The molecule has 23 heavy (non-hydrogen) atoms. The van der Waals surface area contributed by atoms with Gasteiger partial charge in [-0.25, -0.2) is 4.79 Å². The lowest BCUT2D eigenvalue weighted by atomic mass is 10.2. The highest BCUT2D eigenvalue weighted by Crippen LogP contribution is 2.02. The van der Waals surface area contributed by atoms with Crippen LogP contribution in [0.2, 0.25) is 0 Å². The number of ether oxygens (including phenoxy) is 3. The van der Waals surface area contributed by atoms with Crippen LogP contribution in [0.25, 0.3) is 0 Å². The molecule has 126 valence electrons. The fourth-order valence-electron chi connectivity index (χ4n) is 1.60. The molecule has 1 aromatic rings. The Morgan fingerprint density at radius 1 is 1.13 bits per heavy atom. The molecule has 0 aromatic heterocycles. The lowest BCUT2D eigenvalue weighted by molar-refractivity contribution is -0.136. The second kappa shape index (κ2) is 11.6. The molecule has 0 aliphatic heterocycles. The highest BCUT2D eigenvalue weighted by atomic mass is 16.5. The average molecular weight is 322 g/mol. The highest BCUT2D eigenvalue weighted by Gasteiger charge is 2.16. The molecular weight excluding hydrogens is 300 g/mol. The number of benzene rings is 1. The predicted octanol–water partition coefficient (Wildman–Crippen LogP) is 0.508. The number of hydrogen-bond acceptors (Lipinski definition) is 6. The first-order valence-electron chi connectivity index (χ1n) is 7.34. The van der Waals surface area contributed by atoms with E-state index in [9.17, 15) is 15.0 Å². The third kappa shape index (κ3) is 8.96. The molecule has 0 saturated heterocycles. The minimum atomic E-state index is -1.09. The van der Waals surface area contributed by atoms with Gasteiger partial charge in [-0.15, -0.1) is 0 Å². The maximum atomic E-state index is 10.9. The average Bonchev–Trinajstić information content (AvgIpc) is 2.55. The van der Waals surface area contributed by atoms with Gasteiger partial charge in [0.1, 0.15) is 18.8 Å². The van der Waals surface area contributed by atoms with E-state index in [1.807, 2.05) is 30.3 Å². The predicted molar refractivity (Wildman–Crippen MR) is 83.3 cm³/mol. The Hall–Kier alpha value is -1.91. The van der Waals surface area contributed by atoms with Crippen molar-refractivity contribution < 1.29 is 29.2 Å². The van der Waals surface area contributed by atoms with Crippen LogP contribution in [0.4, 0.5) is 0 Å². The number of carbonyl (C=O) groups is 1. The molecule has 0 spiro atoms. The van der Waals surface area contributed by atoms with Crippen LogP contribution >= 0.6 is 0 Å². The van der Waals surface area contributed by atoms with E-state index in [0.29, 0.717) is 6.61 Å². The number of carbonyl (C=O) groups excluding carboxylic acids is 1. The molecule has 0 saturated carbocycles. The van der Waals surface area contributed by atoms with E-state index < -0.39 is 18.2 Å². The Kier molecular flexibility index (Phi) is 9.68. The van der Waals surface area contributed by atoms with E-state index >= 15 is 0 Å². The Labute approximate surface area is 136 Å². The van der Waals surface area contributed by atoms with E-state index in [1.165, 1.54) is 0 Å². The monoisotopic (exact) mass is 322 g/mol. The summed E-state index contributed by atoms with van der Waals surface area (Å²) >= 11 is 0. The van der Waals surface area contributed by atoms with E-state index in [4.69, 9.17) is 9.47 Å². The maximum Gasteiger partial charge on any atom is 0.384 e. The van der Waals surface area contributed by atoms with Crippen molar-refractivity contribution in [1.29, 1.82) is 0 Å². The molecule has 1 aromatic carbocycles. The summed E-state index contributed by atoms with van der Waals surface area (Å²) in [5.74, 6) is 4.07. The number of rotatable bonds is 9. The van der Waals surface area contributed by atoms with Crippen LogP contribution in [0.1, 0.15) is 12.5 Å². The van der Waals surface area contributed by atoms with Gasteiger partial charge < -0.3 is 24.4 Å². The van der Waals surface area contributed by atoms with Gasteiger partial charge in [0.05, 0.1) is 26.4 Å². The van der Waals surface area contributed by atoms with Gasteiger partial charge in [-0.2, -0.15) is 0 Å². The number of hydrogen-bond donors (Lipinski definition) is 2. The Bertz CT molecular complexity index is 505. The van der Waals surface area contributed by atoms with Gasteiger partial charge >= 0.3 is 5.97 Å². The van der Waals surface area contributed by atoms with Crippen LogP contribution in [-0.2, 0) is 25.6 Å². The smallest absolute Gasteiger partial charge is 0.384 e. The fraction of sp³-hybridized carbons (Fsp3) is 0.471. The standard InChI is InChI=1S/C17H22O6/c1-2-23-17(20)9-6-10-21-12-15(18)16(19)13-22-11-14-7-4-3-5-8-14/h3-5,7-8,15-16,18-19H,2,10-13H2,1H3/t15-,16-/m0/s1. The number of aliphatic hydroxyl groups is 2. The number of esters is 1. The molecule has 6 heteroatoms. The quantitative estimate of drug-likeness (QED) is 0.298. The third-order valence-electron chi connectivity index (χ3n) is 2.77. The topological polar surface area (TPSA) is 85.2 Å². The SMILES string of the molecule is CCOC(=O)C#CCOC[C@H](O)[C@@H](O)COCc1ccccc1. The van der Waals surface area contributed by atoms with Crippen molar-refractivity contribution in [2.24, 2.45) is 0 Å². The van der Waals surface area contributed by atoms with E-state index in [-0.39, 0.29) is 26.4 Å². The molecule has 2 atom stereocenters. The Balaban J connectivity index is 2.14. The van der Waals surface area contributed by atoms with Crippen LogP contribution < -0.4 is 0 Å². The van der Waals surface area contributed by atoms with Crippen LogP contribution in [0, 0.1) is 11.8 Å². The molecule has 1 rings (SSSR count). The van der Waals surface area contributed by atoms with Gasteiger partial charge in [0.15, 0.2) is 0 Å². The maximum absolute atomic E-state index is 10.9. The summed E-state index contributed by atoms with van der Waals surface area (Å²) in [5, 5.41) is 19.5. The first-order valence-corrected chi connectivity index (χ1v) is 7.34. The van der Waals surface area contributed by atoms with Crippen molar-refractivity contribution in [2.75, 3.05) is 26.4 Å². The fourth-order valence-corrected chi connectivity index (χ4v) is 1.60. The summed E-state index contributed by atoms with van der Waals surface area (Å²) in [6.45, 7) is 2.17. The zero-order valence-corrected chi connectivity index (χ0v) is 13.1. The van der Waals surface area contributed by atoms with Crippen molar-refractivity contribution in [3.05, 3.63) is 35.9 Å².